The van der Waals surface area contributed by atoms with Crippen molar-refractivity contribution in [2.75, 3.05) is 24.7 Å². The van der Waals surface area contributed by atoms with E-state index in [2.05, 4.69) is 24.0 Å². The Morgan fingerprint density at radius 2 is 1.83 bits per heavy atom. The van der Waals surface area contributed by atoms with Crippen molar-refractivity contribution in [3.8, 4) is 11.4 Å². The lowest BCUT2D eigenvalue weighted by Gasteiger charge is -2.21. The topological polar surface area (TPSA) is 77.0 Å². The second-order valence-electron chi connectivity index (χ2n) is 5.35. The van der Waals surface area contributed by atoms with Crippen LogP contribution in [0.3, 0.4) is 0 Å². The van der Waals surface area contributed by atoms with E-state index in [9.17, 15) is 9.18 Å². The molecule has 6 nitrogen and oxygen atoms in total. The number of thioether (sulfide) groups is 1. The number of halogens is 1. The summed E-state index contributed by atoms with van der Waals surface area (Å²) < 4.78 is 14.3. The second kappa shape index (κ2) is 8.68. The largest absolute Gasteiger partial charge is 0.342 e. The zero-order valence-corrected chi connectivity index (χ0v) is 14.7. The van der Waals surface area contributed by atoms with E-state index in [0.29, 0.717) is 16.5 Å². The molecule has 0 unspecified atom stereocenters. The van der Waals surface area contributed by atoms with Crippen LogP contribution in [0.25, 0.3) is 11.4 Å². The Labute approximate surface area is 145 Å². The lowest BCUT2D eigenvalue weighted by atomic mass is 10.2. The van der Waals surface area contributed by atoms with Crippen LogP contribution in [0.1, 0.15) is 26.7 Å². The van der Waals surface area contributed by atoms with Gasteiger partial charge in [-0.15, -0.1) is 10.2 Å². The van der Waals surface area contributed by atoms with Crippen LogP contribution in [0.4, 0.5) is 4.39 Å². The van der Waals surface area contributed by atoms with Crippen LogP contribution in [0.5, 0.6) is 0 Å². The first-order valence-electron chi connectivity index (χ1n) is 7.93. The van der Waals surface area contributed by atoms with Gasteiger partial charge in [0.05, 0.1) is 5.75 Å². The average Bonchev–Trinajstić information content (AvgIpc) is 2.94. The third kappa shape index (κ3) is 4.47. The second-order valence-corrected chi connectivity index (χ2v) is 6.30. The van der Waals surface area contributed by atoms with Crippen molar-refractivity contribution < 1.29 is 9.18 Å². The van der Waals surface area contributed by atoms with E-state index in [-0.39, 0.29) is 17.5 Å². The molecule has 0 aliphatic rings. The minimum Gasteiger partial charge on any atom is -0.342 e. The molecule has 1 amide bonds. The molecule has 0 radical (unpaired) electrons. The van der Waals surface area contributed by atoms with Crippen LogP contribution in [-0.4, -0.2) is 44.5 Å². The first-order chi connectivity index (χ1) is 11.6. The Hall–Kier alpha value is -2.09. The van der Waals surface area contributed by atoms with Crippen LogP contribution in [0.2, 0.25) is 0 Å². The number of benzene rings is 1. The van der Waals surface area contributed by atoms with Gasteiger partial charge in [-0.05, 0) is 37.1 Å². The maximum atomic E-state index is 13.0. The summed E-state index contributed by atoms with van der Waals surface area (Å²) in [7, 11) is 0. The lowest BCUT2D eigenvalue weighted by Crippen LogP contribution is -2.33. The number of nitrogen functional groups attached to an aromatic ring is 1. The molecule has 2 N–H and O–H groups in total. The predicted molar refractivity (Wildman–Crippen MR) is 93.5 cm³/mol. The van der Waals surface area contributed by atoms with E-state index in [4.69, 9.17) is 5.84 Å². The molecule has 0 aliphatic carbocycles. The molecular weight excluding hydrogens is 329 g/mol. The maximum Gasteiger partial charge on any atom is 0.233 e. The van der Waals surface area contributed by atoms with Crippen molar-refractivity contribution in [1.29, 1.82) is 0 Å². The van der Waals surface area contributed by atoms with Crippen LogP contribution in [0, 0.1) is 5.82 Å². The number of aromatic nitrogens is 3. The van der Waals surface area contributed by atoms with Gasteiger partial charge in [0.1, 0.15) is 5.82 Å². The molecule has 2 rings (SSSR count). The van der Waals surface area contributed by atoms with Crippen molar-refractivity contribution in [2.45, 2.75) is 31.8 Å². The van der Waals surface area contributed by atoms with Crippen LogP contribution < -0.4 is 5.84 Å². The third-order valence-corrected chi connectivity index (χ3v) is 4.36. The summed E-state index contributed by atoms with van der Waals surface area (Å²) in [5, 5.41) is 8.51. The van der Waals surface area contributed by atoms with E-state index in [1.54, 1.807) is 12.1 Å². The number of rotatable bonds is 8. The van der Waals surface area contributed by atoms with Gasteiger partial charge in [-0.1, -0.05) is 25.6 Å². The summed E-state index contributed by atoms with van der Waals surface area (Å²) in [5.41, 5.74) is 0.670. The summed E-state index contributed by atoms with van der Waals surface area (Å²) >= 11 is 1.25. The van der Waals surface area contributed by atoms with Gasteiger partial charge in [-0.2, -0.15) is 0 Å². The Bertz CT molecular complexity index is 668. The highest BCUT2D eigenvalue weighted by atomic mass is 32.2. The summed E-state index contributed by atoms with van der Waals surface area (Å²) in [6, 6.07) is 5.86. The number of hydrogen-bond acceptors (Lipinski definition) is 5. The molecule has 0 fully saturated rings. The van der Waals surface area contributed by atoms with Crippen molar-refractivity contribution in [3.63, 3.8) is 0 Å². The number of carbonyl (C=O) groups excluding carboxylic acids is 1. The first kappa shape index (κ1) is 18.3. The third-order valence-electron chi connectivity index (χ3n) is 3.43. The highest BCUT2D eigenvalue weighted by molar-refractivity contribution is 7.99. The monoisotopic (exact) mass is 351 g/mol. The zero-order valence-electron chi connectivity index (χ0n) is 13.9. The fourth-order valence-corrected chi connectivity index (χ4v) is 3.05. The molecule has 0 saturated heterocycles. The first-order valence-corrected chi connectivity index (χ1v) is 8.92. The van der Waals surface area contributed by atoms with Gasteiger partial charge in [-0.25, -0.2) is 9.07 Å². The van der Waals surface area contributed by atoms with Gasteiger partial charge in [0.25, 0.3) is 0 Å². The highest BCUT2D eigenvalue weighted by Crippen LogP contribution is 2.22. The molecule has 0 atom stereocenters. The molecule has 1 aromatic heterocycles. The van der Waals surface area contributed by atoms with E-state index in [1.165, 1.54) is 28.6 Å². The van der Waals surface area contributed by atoms with E-state index >= 15 is 0 Å². The van der Waals surface area contributed by atoms with Gasteiger partial charge < -0.3 is 10.7 Å². The lowest BCUT2D eigenvalue weighted by molar-refractivity contribution is -0.128. The Morgan fingerprint density at radius 3 is 2.42 bits per heavy atom. The fourth-order valence-electron chi connectivity index (χ4n) is 2.29. The van der Waals surface area contributed by atoms with Gasteiger partial charge in [0.15, 0.2) is 5.82 Å². The van der Waals surface area contributed by atoms with Crippen molar-refractivity contribution in [2.24, 2.45) is 0 Å². The maximum absolute atomic E-state index is 13.0. The Kier molecular flexibility index (Phi) is 6.60. The molecule has 0 bridgehead atoms. The number of carbonyl (C=O) groups is 1. The average molecular weight is 351 g/mol. The van der Waals surface area contributed by atoms with E-state index < -0.39 is 0 Å². The van der Waals surface area contributed by atoms with Crippen LogP contribution in [-0.2, 0) is 4.79 Å². The normalized spacial score (nSPS) is 10.8. The minimum atomic E-state index is -0.325. The summed E-state index contributed by atoms with van der Waals surface area (Å²) in [6.07, 6.45) is 1.86. The summed E-state index contributed by atoms with van der Waals surface area (Å²) in [4.78, 5) is 14.1. The number of amides is 1. The Morgan fingerprint density at radius 1 is 1.21 bits per heavy atom. The quantitative estimate of drug-likeness (QED) is 0.584. The summed E-state index contributed by atoms with van der Waals surface area (Å²) in [5.74, 6) is 6.44. The van der Waals surface area contributed by atoms with Crippen molar-refractivity contribution in [3.05, 3.63) is 30.1 Å². The van der Waals surface area contributed by atoms with Crippen molar-refractivity contribution in [1.82, 2.24) is 19.8 Å². The van der Waals surface area contributed by atoms with Gasteiger partial charge >= 0.3 is 0 Å². The standard InChI is InChI=1S/C16H22FN5OS/c1-3-9-21(10-4-2)14(23)11-24-16-20-19-15(22(16)18)12-5-7-13(17)8-6-12/h5-8H,3-4,9-11,18H2,1-2H3. The molecule has 130 valence electrons. The highest BCUT2D eigenvalue weighted by Gasteiger charge is 2.16. The summed E-state index contributed by atoms with van der Waals surface area (Å²) in [6.45, 7) is 5.61. The molecule has 1 heterocycles. The van der Waals surface area contributed by atoms with Crippen LogP contribution >= 0.6 is 11.8 Å². The van der Waals surface area contributed by atoms with Gasteiger partial charge in [0, 0.05) is 18.7 Å². The Balaban J connectivity index is 2.03. The molecule has 24 heavy (non-hydrogen) atoms. The minimum absolute atomic E-state index is 0.0648. The molecule has 8 heteroatoms. The smallest absolute Gasteiger partial charge is 0.233 e. The number of hydrogen-bond donors (Lipinski definition) is 1. The van der Waals surface area contributed by atoms with Gasteiger partial charge in [-0.3, -0.25) is 4.79 Å². The van der Waals surface area contributed by atoms with E-state index in [1.807, 2.05) is 4.90 Å². The number of nitrogens with zero attached hydrogens (tertiary/aromatic N) is 4. The number of nitrogens with two attached hydrogens (primary N) is 1. The van der Waals surface area contributed by atoms with E-state index in [0.717, 1.165) is 25.9 Å². The molecule has 0 saturated carbocycles. The van der Waals surface area contributed by atoms with Crippen LogP contribution in [0.15, 0.2) is 29.4 Å². The zero-order chi connectivity index (χ0) is 17.5. The molecule has 1 aromatic carbocycles. The fraction of sp³-hybridized carbons (Fsp3) is 0.438. The SMILES string of the molecule is CCCN(CCC)C(=O)CSc1nnc(-c2ccc(F)cc2)n1N. The molecular formula is C16H22FN5OS. The van der Waals surface area contributed by atoms with Gasteiger partial charge in [0.2, 0.25) is 11.1 Å². The molecule has 0 aliphatic heterocycles. The molecule has 0 spiro atoms. The molecule has 2 aromatic rings. The van der Waals surface area contributed by atoms with Crippen molar-refractivity contribution >= 4 is 17.7 Å². The predicted octanol–water partition coefficient (Wildman–Crippen LogP) is 2.54.